The van der Waals surface area contributed by atoms with E-state index in [0.717, 1.165) is 0 Å². The first-order valence-electron chi connectivity index (χ1n) is 6.06. The second-order valence-electron chi connectivity index (χ2n) is 4.96. The molecule has 110 valence electrons. The van der Waals surface area contributed by atoms with E-state index in [1.807, 2.05) is 0 Å². The minimum atomic E-state index is -1.13. The maximum absolute atomic E-state index is 11.3. The lowest BCUT2D eigenvalue weighted by atomic mass is 10.2. The van der Waals surface area contributed by atoms with Crippen molar-refractivity contribution in [2.75, 3.05) is 18.4 Å². The number of ether oxygens (including phenoxy) is 1. The van der Waals surface area contributed by atoms with Gasteiger partial charge < -0.3 is 20.5 Å². The van der Waals surface area contributed by atoms with Crippen LogP contribution in [0.3, 0.4) is 0 Å². The number of carboxylic acids is 1. The molecule has 0 aliphatic heterocycles. The van der Waals surface area contributed by atoms with Crippen molar-refractivity contribution in [1.82, 2.24) is 15.5 Å². The molecule has 1 rings (SSSR count). The standard InChI is InChI=1S/C12H18N4O4/c1-12(2,3)20-11(19)14-7-6-13-9-5-4-8(10(17)18)15-16-9/h4-5H,6-7H2,1-3H3,(H,13,16)(H,14,19)(H,17,18). The number of carbonyl (C=O) groups excluding carboxylic acids is 1. The zero-order valence-electron chi connectivity index (χ0n) is 11.6. The lowest BCUT2D eigenvalue weighted by Crippen LogP contribution is -2.35. The largest absolute Gasteiger partial charge is 0.476 e. The summed E-state index contributed by atoms with van der Waals surface area (Å²) in [5.74, 6) is -0.698. The van der Waals surface area contributed by atoms with Crippen LogP contribution >= 0.6 is 0 Å². The van der Waals surface area contributed by atoms with Gasteiger partial charge >= 0.3 is 12.1 Å². The monoisotopic (exact) mass is 282 g/mol. The predicted octanol–water partition coefficient (Wildman–Crippen LogP) is 1.11. The zero-order chi connectivity index (χ0) is 15.2. The second kappa shape index (κ2) is 6.69. The summed E-state index contributed by atoms with van der Waals surface area (Å²) in [6.07, 6.45) is -0.494. The molecule has 0 atom stereocenters. The number of aromatic carboxylic acids is 1. The molecule has 0 unspecified atom stereocenters. The van der Waals surface area contributed by atoms with E-state index < -0.39 is 17.7 Å². The topological polar surface area (TPSA) is 113 Å². The van der Waals surface area contributed by atoms with Crippen molar-refractivity contribution in [2.24, 2.45) is 0 Å². The average molecular weight is 282 g/mol. The van der Waals surface area contributed by atoms with Crippen LogP contribution in [0.4, 0.5) is 10.6 Å². The summed E-state index contributed by atoms with van der Waals surface area (Å²) in [5, 5.41) is 21.3. The Kier molecular flexibility index (Phi) is 5.24. The molecule has 1 aromatic heterocycles. The predicted molar refractivity (Wildman–Crippen MR) is 71.7 cm³/mol. The number of hydrogen-bond donors (Lipinski definition) is 3. The molecule has 0 radical (unpaired) electrons. The second-order valence-corrected chi connectivity index (χ2v) is 4.96. The van der Waals surface area contributed by atoms with Gasteiger partial charge in [0.2, 0.25) is 0 Å². The van der Waals surface area contributed by atoms with Gasteiger partial charge in [-0.3, -0.25) is 0 Å². The van der Waals surface area contributed by atoms with Crippen molar-refractivity contribution < 1.29 is 19.4 Å². The van der Waals surface area contributed by atoms with Gasteiger partial charge in [-0.1, -0.05) is 0 Å². The number of carboxylic acid groups (broad SMARTS) is 1. The Hall–Kier alpha value is -2.38. The first-order chi connectivity index (χ1) is 9.28. The third kappa shape index (κ3) is 5.98. The van der Waals surface area contributed by atoms with Crippen molar-refractivity contribution in [1.29, 1.82) is 0 Å². The Morgan fingerprint density at radius 3 is 2.45 bits per heavy atom. The van der Waals surface area contributed by atoms with Crippen molar-refractivity contribution in [2.45, 2.75) is 26.4 Å². The van der Waals surface area contributed by atoms with Crippen LogP contribution in [0.5, 0.6) is 0 Å². The molecule has 0 bridgehead atoms. The number of nitrogens with one attached hydrogen (secondary N) is 2. The van der Waals surface area contributed by atoms with E-state index in [1.165, 1.54) is 12.1 Å². The molecule has 1 amide bonds. The van der Waals surface area contributed by atoms with Gasteiger partial charge in [-0.25, -0.2) is 9.59 Å². The fourth-order valence-electron chi connectivity index (χ4n) is 1.21. The highest BCUT2D eigenvalue weighted by Gasteiger charge is 2.15. The van der Waals surface area contributed by atoms with Gasteiger partial charge in [-0.05, 0) is 32.9 Å². The third-order valence-corrected chi connectivity index (χ3v) is 1.98. The minimum absolute atomic E-state index is 0.123. The number of anilines is 1. The zero-order valence-corrected chi connectivity index (χ0v) is 11.6. The van der Waals surface area contributed by atoms with Crippen LogP contribution in [-0.2, 0) is 4.74 Å². The van der Waals surface area contributed by atoms with Crippen LogP contribution in [0, 0.1) is 0 Å². The molecule has 3 N–H and O–H groups in total. The van der Waals surface area contributed by atoms with E-state index in [2.05, 4.69) is 20.8 Å². The number of alkyl carbamates (subject to hydrolysis) is 1. The number of carbonyl (C=O) groups is 2. The maximum Gasteiger partial charge on any atom is 0.407 e. The van der Waals surface area contributed by atoms with Crippen molar-refractivity contribution in [3.8, 4) is 0 Å². The molecule has 0 aliphatic rings. The van der Waals surface area contributed by atoms with Gasteiger partial charge in [-0.15, -0.1) is 10.2 Å². The molecule has 1 aromatic rings. The van der Waals surface area contributed by atoms with Gasteiger partial charge in [0.15, 0.2) is 5.69 Å². The van der Waals surface area contributed by atoms with Crippen molar-refractivity contribution in [3.05, 3.63) is 17.8 Å². The van der Waals surface area contributed by atoms with Crippen molar-refractivity contribution >= 4 is 17.9 Å². The lowest BCUT2D eigenvalue weighted by molar-refractivity contribution is 0.0529. The number of amides is 1. The van der Waals surface area contributed by atoms with E-state index in [4.69, 9.17) is 9.84 Å². The lowest BCUT2D eigenvalue weighted by Gasteiger charge is -2.19. The molecule has 8 heteroatoms. The van der Waals surface area contributed by atoms with Crippen LogP contribution in [-0.4, -0.2) is 46.1 Å². The number of nitrogens with zero attached hydrogens (tertiary/aromatic N) is 2. The van der Waals surface area contributed by atoms with Gasteiger partial charge in [-0.2, -0.15) is 0 Å². The van der Waals surface area contributed by atoms with E-state index >= 15 is 0 Å². The van der Waals surface area contributed by atoms with E-state index in [9.17, 15) is 9.59 Å². The van der Waals surface area contributed by atoms with Crippen LogP contribution in [0.25, 0.3) is 0 Å². The summed E-state index contributed by atoms with van der Waals surface area (Å²) in [5.41, 5.74) is -0.655. The first-order valence-corrected chi connectivity index (χ1v) is 6.06. The molecule has 0 fully saturated rings. The molecule has 0 saturated carbocycles. The Bertz CT molecular complexity index is 467. The molecule has 20 heavy (non-hydrogen) atoms. The summed E-state index contributed by atoms with van der Waals surface area (Å²) < 4.78 is 5.06. The molecule has 0 spiro atoms. The van der Waals surface area contributed by atoms with Crippen LogP contribution < -0.4 is 10.6 Å². The highest BCUT2D eigenvalue weighted by atomic mass is 16.6. The Balaban J connectivity index is 2.27. The highest BCUT2D eigenvalue weighted by Crippen LogP contribution is 2.06. The third-order valence-electron chi connectivity index (χ3n) is 1.98. The van der Waals surface area contributed by atoms with E-state index in [-0.39, 0.29) is 5.69 Å². The van der Waals surface area contributed by atoms with E-state index in [1.54, 1.807) is 20.8 Å². The summed E-state index contributed by atoms with van der Waals surface area (Å²) in [6.45, 7) is 6.11. The van der Waals surface area contributed by atoms with Gasteiger partial charge in [0.05, 0.1) is 0 Å². The maximum atomic E-state index is 11.3. The molecular formula is C12H18N4O4. The van der Waals surface area contributed by atoms with Gasteiger partial charge in [0.25, 0.3) is 0 Å². The first kappa shape index (κ1) is 15.7. The molecule has 0 saturated heterocycles. The van der Waals surface area contributed by atoms with Crippen LogP contribution in [0.15, 0.2) is 12.1 Å². The summed E-state index contributed by atoms with van der Waals surface area (Å²) >= 11 is 0. The summed E-state index contributed by atoms with van der Waals surface area (Å²) in [7, 11) is 0. The number of rotatable bonds is 5. The minimum Gasteiger partial charge on any atom is -0.476 e. The highest BCUT2D eigenvalue weighted by molar-refractivity contribution is 5.85. The summed E-state index contributed by atoms with van der Waals surface area (Å²) in [4.78, 5) is 21.9. The fraction of sp³-hybridized carbons (Fsp3) is 0.500. The number of aromatic nitrogens is 2. The Labute approximate surface area is 116 Å². The molecule has 0 aromatic carbocycles. The van der Waals surface area contributed by atoms with Crippen LogP contribution in [0.2, 0.25) is 0 Å². The van der Waals surface area contributed by atoms with Crippen molar-refractivity contribution in [3.63, 3.8) is 0 Å². The van der Waals surface area contributed by atoms with Gasteiger partial charge in [0, 0.05) is 13.1 Å². The summed E-state index contributed by atoms with van der Waals surface area (Å²) in [6, 6.07) is 2.85. The molecular weight excluding hydrogens is 264 g/mol. The Morgan fingerprint density at radius 2 is 1.95 bits per heavy atom. The quantitative estimate of drug-likeness (QED) is 0.693. The van der Waals surface area contributed by atoms with E-state index in [0.29, 0.717) is 18.9 Å². The Morgan fingerprint density at radius 1 is 1.25 bits per heavy atom. The average Bonchev–Trinajstić information content (AvgIpc) is 2.33. The smallest absolute Gasteiger partial charge is 0.407 e. The van der Waals surface area contributed by atoms with Crippen LogP contribution in [0.1, 0.15) is 31.3 Å². The molecule has 0 aliphatic carbocycles. The number of hydrogen-bond acceptors (Lipinski definition) is 6. The fourth-order valence-corrected chi connectivity index (χ4v) is 1.21. The van der Waals surface area contributed by atoms with Gasteiger partial charge in [0.1, 0.15) is 11.4 Å². The normalized spacial score (nSPS) is 10.8. The molecule has 8 nitrogen and oxygen atoms in total. The molecule has 1 heterocycles. The SMILES string of the molecule is CC(C)(C)OC(=O)NCCNc1ccc(C(=O)O)nn1.